The van der Waals surface area contributed by atoms with Crippen molar-refractivity contribution in [1.29, 1.82) is 0 Å². The molecular weight excluding hydrogens is 272 g/mol. The zero-order chi connectivity index (χ0) is 14.7. The number of anilines is 2. The Hall–Kier alpha value is -1.88. The highest BCUT2D eigenvalue weighted by atomic mass is 32.1. The molecule has 2 aromatic rings. The standard InChI is InChI=1S/C15H18N2O2S/c1-9-6-10(2)8-12(7-9)17-15-16-11(3)13(20-15)4-5-14(18)19/h6-8H,4-5H2,1-3H3,(H,16,17)(H,18,19). The van der Waals surface area contributed by atoms with Gasteiger partial charge in [-0.3, -0.25) is 4.79 Å². The van der Waals surface area contributed by atoms with Crippen LogP contribution in [0.3, 0.4) is 0 Å². The number of aliphatic carboxylic acids is 1. The van der Waals surface area contributed by atoms with Crippen LogP contribution in [-0.2, 0) is 11.2 Å². The highest BCUT2D eigenvalue weighted by Gasteiger charge is 2.09. The van der Waals surface area contributed by atoms with Gasteiger partial charge >= 0.3 is 5.97 Å². The summed E-state index contributed by atoms with van der Waals surface area (Å²) in [5.41, 5.74) is 4.32. The average Bonchev–Trinajstić information content (AvgIpc) is 2.65. The van der Waals surface area contributed by atoms with E-state index in [2.05, 4.69) is 42.3 Å². The van der Waals surface area contributed by atoms with E-state index in [1.54, 1.807) is 0 Å². The number of rotatable bonds is 5. The Labute approximate surface area is 122 Å². The van der Waals surface area contributed by atoms with Crippen LogP contribution in [0.15, 0.2) is 18.2 Å². The van der Waals surface area contributed by atoms with Crippen LogP contribution >= 0.6 is 11.3 Å². The quantitative estimate of drug-likeness (QED) is 0.878. The largest absolute Gasteiger partial charge is 0.481 e. The van der Waals surface area contributed by atoms with Crippen molar-refractivity contribution >= 4 is 28.1 Å². The summed E-state index contributed by atoms with van der Waals surface area (Å²) in [6.45, 7) is 6.04. The molecule has 0 aliphatic rings. The summed E-state index contributed by atoms with van der Waals surface area (Å²) in [6.07, 6.45) is 0.680. The Morgan fingerprint density at radius 3 is 2.50 bits per heavy atom. The number of carboxylic acids is 1. The molecule has 0 unspecified atom stereocenters. The number of thiazole rings is 1. The lowest BCUT2D eigenvalue weighted by Crippen LogP contribution is -1.96. The molecule has 0 aliphatic heterocycles. The molecule has 0 radical (unpaired) electrons. The first-order chi connectivity index (χ1) is 9.44. The molecule has 1 aromatic carbocycles. The summed E-state index contributed by atoms with van der Waals surface area (Å²) in [4.78, 5) is 16.1. The Balaban J connectivity index is 2.13. The molecule has 20 heavy (non-hydrogen) atoms. The second-order valence-electron chi connectivity index (χ2n) is 4.92. The predicted octanol–water partition coefficient (Wildman–Crippen LogP) is 3.83. The fourth-order valence-corrected chi connectivity index (χ4v) is 3.09. The topological polar surface area (TPSA) is 62.2 Å². The number of nitrogens with zero attached hydrogens (tertiary/aromatic N) is 1. The van der Waals surface area contributed by atoms with Crippen LogP contribution in [0.25, 0.3) is 0 Å². The van der Waals surface area contributed by atoms with Gasteiger partial charge in [-0.1, -0.05) is 6.07 Å². The Morgan fingerprint density at radius 2 is 1.90 bits per heavy atom. The first kappa shape index (κ1) is 14.5. The van der Waals surface area contributed by atoms with Crippen LogP contribution < -0.4 is 5.32 Å². The van der Waals surface area contributed by atoms with Crippen LogP contribution in [0.4, 0.5) is 10.8 Å². The lowest BCUT2D eigenvalue weighted by Gasteiger charge is -2.05. The maximum absolute atomic E-state index is 10.6. The van der Waals surface area contributed by atoms with Crippen LogP contribution in [-0.4, -0.2) is 16.1 Å². The van der Waals surface area contributed by atoms with Crippen molar-refractivity contribution in [3.05, 3.63) is 39.9 Å². The number of aryl methyl sites for hydroxylation is 4. The number of benzene rings is 1. The summed E-state index contributed by atoms with van der Waals surface area (Å²) in [5, 5.41) is 12.8. The molecule has 2 rings (SSSR count). The van der Waals surface area contributed by atoms with Crippen LogP contribution in [0.1, 0.15) is 28.1 Å². The van der Waals surface area contributed by atoms with Crippen LogP contribution in [0.2, 0.25) is 0 Å². The Morgan fingerprint density at radius 1 is 1.25 bits per heavy atom. The highest BCUT2D eigenvalue weighted by molar-refractivity contribution is 7.15. The molecule has 0 bridgehead atoms. The monoisotopic (exact) mass is 290 g/mol. The highest BCUT2D eigenvalue weighted by Crippen LogP contribution is 2.27. The summed E-state index contributed by atoms with van der Waals surface area (Å²) in [6, 6.07) is 6.26. The number of hydrogen-bond acceptors (Lipinski definition) is 4. The first-order valence-electron chi connectivity index (χ1n) is 6.47. The van der Waals surface area contributed by atoms with Crippen molar-refractivity contribution in [2.24, 2.45) is 0 Å². The molecule has 0 fully saturated rings. The van der Waals surface area contributed by atoms with Crippen molar-refractivity contribution in [2.45, 2.75) is 33.6 Å². The molecule has 0 amide bonds. The van der Waals surface area contributed by atoms with Gasteiger partial charge in [-0.15, -0.1) is 11.3 Å². The Bertz CT molecular complexity index is 615. The normalized spacial score (nSPS) is 10.6. The average molecular weight is 290 g/mol. The molecule has 0 spiro atoms. The van der Waals surface area contributed by atoms with Gasteiger partial charge in [-0.05, 0) is 50.5 Å². The summed E-state index contributed by atoms with van der Waals surface area (Å²) in [7, 11) is 0. The third kappa shape index (κ3) is 3.81. The first-order valence-corrected chi connectivity index (χ1v) is 7.29. The fraction of sp³-hybridized carbons (Fsp3) is 0.333. The van der Waals surface area contributed by atoms with Crippen LogP contribution in [0.5, 0.6) is 0 Å². The van der Waals surface area contributed by atoms with E-state index in [-0.39, 0.29) is 6.42 Å². The molecule has 106 valence electrons. The van der Waals surface area contributed by atoms with E-state index in [4.69, 9.17) is 5.11 Å². The predicted molar refractivity (Wildman–Crippen MR) is 82.0 cm³/mol. The van der Waals surface area contributed by atoms with Crippen molar-refractivity contribution in [3.63, 3.8) is 0 Å². The fourth-order valence-electron chi connectivity index (χ4n) is 2.10. The van der Waals surface area contributed by atoms with E-state index >= 15 is 0 Å². The smallest absolute Gasteiger partial charge is 0.303 e. The van der Waals surface area contributed by atoms with Gasteiger partial charge in [0.15, 0.2) is 5.13 Å². The number of aromatic nitrogens is 1. The van der Waals surface area contributed by atoms with Gasteiger partial charge in [-0.25, -0.2) is 4.98 Å². The van der Waals surface area contributed by atoms with E-state index in [1.807, 2.05) is 6.92 Å². The van der Waals surface area contributed by atoms with Crippen molar-refractivity contribution < 1.29 is 9.90 Å². The van der Waals surface area contributed by atoms with Gasteiger partial charge < -0.3 is 10.4 Å². The SMILES string of the molecule is Cc1cc(C)cc(Nc2nc(C)c(CCC(=O)O)s2)c1. The van der Waals surface area contributed by atoms with E-state index in [0.717, 1.165) is 21.4 Å². The summed E-state index contributed by atoms with van der Waals surface area (Å²) >= 11 is 1.52. The van der Waals surface area contributed by atoms with Gasteiger partial charge in [0.05, 0.1) is 12.1 Å². The second-order valence-corrected chi connectivity index (χ2v) is 6.01. The van der Waals surface area contributed by atoms with E-state index in [1.165, 1.54) is 22.5 Å². The van der Waals surface area contributed by atoms with Gasteiger partial charge in [0.2, 0.25) is 0 Å². The minimum atomic E-state index is -0.776. The minimum Gasteiger partial charge on any atom is -0.481 e. The van der Waals surface area contributed by atoms with Crippen molar-refractivity contribution in [2.75, 3.05) is 5.32 Å². The van der Waals surface area contributed by atoms with Gasteiger partial charge in [0.25, 0.3) is 0 Å². The van der Waals surface area contributed by atoms with Crippen molar-refractivity contribution in [1.82, 2.24) is 4.98 Å². The molecule has 2 N–H and O–H groups in total. The lowest BCUT2D eigenvalue weighted by atomic mass is 10.1. The molecule has 5 heteroatoms. The third-order valence-corrected chi connectivity index (χ3v) is 4.06. The van der Waals surface area contributed by atoms with Gasteiger partial charge in [0, 0.05) is 10.6 Å². The molecular formula is C15H18N2O2S. The van der Waals surface area contributed by atoms with E-state index < -0.39 is 5.97 Å². The van der Waals surface area contributed by atoms with Gasteiger partial charge in [0.1, 0.15) is 0 Å². The minimum absolute atomic E-state index is 0.145. The summed E-state index contributed by atoms with van der Waals surface area (Å²) in [5.74, 6) is -0.776. The molecule has 4 nitrogen and oxygen atoms in total. The van der Waals surface area contributed by atoms with Crippen molar-refractivity contribution in [3.8, 4) is 0 Å². The van der Waals surface area contributed by atoms with Gasteiger partial charge in [-0.2, -0.15) is 0 Å². The number of hydrogen-bond donors (Lipinski definition) is 2. The van der Waals surface area contributed by atoms with Crippen LogP contribution in [0, 0.1) is 20.8 Å². The lowest BCUT2D eigenvalue weighted by molar-refractivity contribution is -0.136. The number of carbonyl (C=O) groups is 1. The van der Waals surface area contributed by atoms with E-state index in [9.17, 15) is 4.79 Å². The molecule has 0 atom stereocenters. The molecule has 1 aromatic heterocycles. The zero-order valence-corrected chi connectivity index (χ0v) is 12.7. The molecule has 0 saturated carbocycles. The molecule has 1 heterocycles. The van der Waals surface area contributed by atoms with E-state index in [0.29, 0.717) is 6.42 Å². The third-order valence-electron chi connectivity index (χ3n) is 2.93. The maximum atomic E-state index is 10.6. The molecule has 0 aliphatic carbocycles. The molecule has 0 saturated heterocycles. The summed E-state index contributed by atoms with van der Waals surface area (Å²) < 4.78 is 0. The Kier molecular flexibility index (Phi) is 4.39. The number of carboxylic acid groups (broad SMARTS) is 1. The zero-order valence-electron chi connectivity index (χ0n) is 11.9. The number of nitrogens with one attached hydrogen (secondary N) is 1. The maximum Gasteiger partial charge on any atom is 0.303 e. The second kappa shape index (κ2) is 6.05.